The maximum Gasteiger partial charge on any atom is 0.253 e. The molecule has 1 saturated heterocycles. The van der Waals surface area contributed by atoms with Crippen molar-refractivity contribution in [3.05, 3.63) is 46.9 Å². The fourth-order valence-electron chi connectivity index (χ4n) is 3.20. The molecule has 2 aromatic carbocycles. The van der Waals surface area contributed by atoms with E-state index in [2.05, 4.69) is 21.2 Å². The maximum absolute atomic E-state index is 12.9. The van der Waals surface area contributed by atoms with Crippen LogP contribution in [0.25, 0.3) is 0 Å². The zero-order valence-electron chi connectivity index (χ0n) is 16.9. The third-order valence-corrected chi connectivity index (χ3v) is 7.39. The van der Waals surface area contributed by atoms with Crippen LogP contribution in [-0.4, -0.2) is 44.4 Å². The van der Waals surface area contributed by atoms with E-state index in [1.807, 2.05) is 12.1 Å². The van der Waals surface area contributed by atoms with Crippen molar-refractivity contribution in [3.63, 3.8) is 0 Å². The van der Waals surface area contributed by atoms with E-state index in [1.54, 1.807) is 32.0 Å². The van der Waals surface area contributed by atoms with Crippen LogP contribution in [0.5, 0.6) is 11.5 Å². The summed E-state index contributed by atoms with van der Waals surface area (Å²) in [6.45, 7) is 4.82. The number of carbonyl (C=O) groups is 1. The molecule has 1 amide bonds. The van der Waals surface area contributed by atoms with Crippen molar-refractivity contribution >= 4 is 37.5 Å². The third-order valence-electron chi connectivity index (χ3n) is 4.82. The second kappa shape index (κ2) is 9.91. The fourth-order valence-corrected chi connectivity index (χ4v) is 4.95. The Morgan fingerprint density at radius 1 is 1.20 bits per heavy atom. The third kappa shape index (κ3) is 5.21. The molecule has 9 heteroatoms. The number of benzene rings is 2. The summed E-state index contributed by atoms with van der Waals surface area (Å²) >= 11 is 3.38. The molecule has 1 fully saturated rings. The molecule has 0 aliphatic carbocycles. The van der Waals surface area contributed by atoms with Crippen molar-refractivity contribution in [2.75, 3.05) is 25.0 Å². The zero-order valence-corrected chi connectivity index (χ0v) is 19.3. The van der Waals surface area contributed by atoms with E-state index in [-0.39, 0.29) is 16.5 Å². The van der Waals surface area contributed by atoms with Crippen LogP contribution in [0.3, 0.4) is 0 Å². The number of amides is 1. The number of anilines is 1. The van der Waals surface area contributed by atoms with Crippen LogP contribution in [0, 0.1) is 0 Å². The first-order chi connectivity index (χ1) is 14.3. The van der Waals surface area contributed by atoms with Gasteiger partial charge < -0.3 is 14.8 Å². The quantitative estimate of drug-likeness (QED) is 0.585. The smallest absolute Gasteiger partial charge is 0.253 e. The van der Waals surface area contributed by atoms with Gasteiger partial charge in [-0.1, -0.05) is 29.8 Å². The molecular formula is C21H25BrN2O5S. The first kappa shape index (κ1) is 22.7. The number of sulfonamides is 1. The predicted octanol–water partition coefficient (Wildman–Crippen LogP) is 4.39. The molecule has 162 valence electrons. The molecule has 30 heavy (non-hydrogen) atoms. The Bertz CT molecular complexity index is 985. The van der Waals surface area contributed by atoms with Crippen molar-refractivity contribution in [1.82, 2.24) is 4.31 Å². The second-order valence-electron chi connectivity index (χ2n) is 6.79. The summed E-state index contributed by atoms with van der Waals surface area (Å²) < 4.78 is 39.5. The first-order valence-corrected chi connectivity index (χ1v) is 12.1. The lowest BCUT2D eigenvalue weighted by atomic mass is 10.2. The summed E-state index contributed by atoms with van der Waals surface area (Å²) in [6, 6.07) is 11.7. The largest absolute Gasteiger partial charge is 0.455 e. The molecule has 0 saturated carbocycles. The Kier molecular flexibility index (Phi) is 7.51. The molecule has 1 atom stereocenters. The summed E-state index contributed by atoms with van der Waals surface area (Å²) in [5.74, 6) is 0.595. The summed E-state index contributed by atoms with van der Waals surface area (Å²) in [4.78, 5) is 12.7. The average molecular weight is 497 g/mol. The summed E-state index contributed by atoms with van der Waals surface area (Å²) in [7, 11) is -3.68. The van der Waals surface area contributed by atoms with Gasteiger partial charge in [-0.05, 0) is 55.3 Å². The summed E-state index contributed by atoms with van der Waals surface area (Å²) in [6.07, 6.45) is 0.900. The lowest BCUT2D eigenvalue weighted by molar-refractivity contribution is -0.124. The first-order valence-electron chi connectivity index (χ1n) is 9.85. The van der Waals surface area contributed by atoms with Crippen molar-refractivity contribution in [1.29, 1.82) is 0 Å². The normalized spacial score (nSPS) is 16.6. The molecule has 1 heterocycles. The number of nitrogens with zero attached hydrogens (tertiary/aromatic N) is 1. The SMILES string of the molecule is CCN(CC)S(=O)(=O)c1ccc(Oc2ccc(Br)cc2)c(NC(=O)C2CCCO2)c1. The highest BCUT2D eigenvalue weighted by Crippen LogP contribution is 2.33. The van der Waals surface area contributed by atoms with Gasteiger partial charge in [0.15, 0.2) is 5.75 Å². The molecule has 1 aliphatic rings. The van der Waals surface area contributed by atoms with Gasteiger partial charge in [0, 0.05) is 24.2 Å². The molecule has 7 nitrogen and oxygen atoms in total. The molecule has 1 aliphatic heterocycles. The van der Waals surface area contributed by atoms with Gasteiger partial charge in [-0.25, -0.2) is 8.42 Å². The fraction of sp³-hybridized carbons (Fsp3) is 0.381. The van der Waals surface area contributed by atoms with Gasteiger partial charge in [0.25, 0.3) is 5.91 Å². The standard InChI is InChI=1S/C21H25BrN2O5S/c1-3-24(4-2)30(26,27)17-11-12-19(29-16-9-7-15(22)8-10-16)18(14-17)23-21(25)20-6-5-13-28-20/h7-12,14,20H,3-6,13H2,1-2H3,(H,23,25). The minimum Gasteiger partial charge on any atom is -0.455 e. The van der Waals surface area contributed by atoms with Gasteiger partial charge in [-0.15, -0.1) is 0 Å². The molecule has 3 rings (SSSR count). The van der Waals surface area contributed by atoms with Gasteiger partial charge in [-0.3, -0.25) is 4.79 Å². The number of carbonyl (C=O) groups excluding carboxylic acids is 1. The molecule has 0 aromatic heterocycles. The van der Waals surface area contributed by atoms with Crippen molar-refractivity contribution in [3.8, 4) is 11.5 Å². The summed E-state index contributed by atoms with van der Waals surface area (Å²) in [5.41, 5.74) is 0.284. The average Bonchev–Trinajstić information content (AvgIpc) is 3.26. The van der Waals surface area contributed by atoms with Crippen LogP contribution in [0.15, 0.2) is 51.8 Å². The Morgan fingerprint density at radius 2 is 1.90 bits per heavy atom. The zero-order chi connectivity index (χ0) is 21.7. The number of hydrogen-bond acceptors (Lipinski definition) is 5. The van der Waals surface area contributed by atoms with Crippen LogP contribution in [0.1, 0.15) is 26.7 Å². The lowest BCUT2D eigenvalue weighted by Gasteiger charge is -2.20. The van der Waals surface area contributed by atoms with Gasteiger partial charge in [0.05, 0.1) is 10.6 Å². The molecule has 0 bridgehead atoms. The lowest BCUT2D eigenvalue weighted by Crippen LogP contribution is -2.31. The number of halogens is 1. The minimum absolute atomic E-state index is 0.0944. The second-order valence-corrected chi connectivity index (χ2v) is 9.65. The molecule has 1 N–H and O–H groups in total. The Labute approximate surface area is 185 Å². The summed E-state index contributed by atoms with van der Waals surface area (Å²) in [5, 5.41) is 2.79. The Morgan fingerprint density at radius 3 is 2.50 bits per heavy atom. The van der Waals surface area contributed by atoms with E-state index in [1.165, 1.54) is 16.4 Å². The van der Waals surface area contributed by atoms with Crippen molar-refractivity contribution < 1.29 is 22.7 Å². The monoisotopic (exact) mass is 496 g/mol. The van der Waals surface area contributed by atoms with E-state index < -0.39 is 16.1 Å². The van der Waals surface area contributed by atoms with Crippen LogP contribution >= 0.6 is 15.9 Å². The van der Waals surface area contributed by atoms with E-state index in [9.17, 15) is 13.2 Å². The van der Waals surface area contributed by atoms with Gasteiger partial charge in [0.2, 0.25) is 10.0 Å². The van der Waals surface area contributed by atoms with E-state index in [4.69, 9.17) is 9.47 Å². The van der Waals surface area contributed by atoms with Gasteiger partial charge >= 0.3 is 0 Å². The number of ether oxygens (including phenoxy) is 2. The molecule has 0 spiro atoms. The maximum atomic E-state index is 12.9. The number of rotatable bonds is 8. The van der Waals surface area contributed by atoms with E-state index in [0.717, 1.165) is 10.9 Å². The topological polar surface area (TPSA) is 84.9 Å². The van der Waals surface area contributed by atoms with Crippen molar-refractivity contribution in [2.24, 2.45) is 0 Å². The Balaban J connectivity index is 1.96. The number of nitrogens with one attached hydrogen (secondary N) is 1. The van der Waals surface area contributed by atoms with Crippen LogP contribution in [-0.2, 0) is 19.6 Å². The molecule has 0 radical (unpaired) electrons. The van der Waals surface area contributed by atoms with Gasteiger partial charge in [0.1, 0.15) is 11.9 Å². The highest BCUT2D eigenvalue weighted by molar-refractivity contribution is 9.10. The molecule has 1 unspecified atom stereocenters. The highest BCUT2D eigenvalue weighted by atomic mass is 79.9. The van der Waals surface area contributed by atoms with Gasteiger partial charge in [-0.2, -0.15) is 4.31 Å². The number of hydrogen-bond donors (Lipinski definition) is 1. The molecular weight excluding hydrogens is 472 g/mol. The highest BCUT2D eigenvalue weighted by Gasteiger charge is 2.27. The van der Waals surface area contributed by atoms with E-state index >= 15 is 0 Å². The minimum atomic E-state index is -3.68. The van der Waals surface area contributed by atoms with Crippen molar-refractivity contribution in [2.45, 2.75) is 37.7 Å². The predicted molar refractivity (Wildman–Crippen MR) is 118 cm³/mol. The van der Waals surface area contributed by atoms with Crippen LogP contribution in [0.4, 0.5) is 5.69 Å². The molecule has 2 aromatic rings. The van der Waals surface area contributed by atoms with E-state index in [0.29, 0.717) is 37.6 Å². The van der Waals surface area contributed by atoms with Crippen LogP contribution in [0.2, 0.25) is 0 Å². The van der Waals surface area contributed by atoms with Crippen LogP contribution < -0.4 is 10.1 Å². The Hall–Kier alpha value is -1.94.